The lowest BCUT2D eigenvalue weighted by atomic mass is 9.81. The van der Waals surface area contributed by atoms with Crippen LogP contribution < -0.4 is 5.32 Å². The van der Waals surface area contributed by atoms with Crippen LogP contribution in [0.3, 0.4) is 0 Å². The van der Waals surface area contributed by atoms with Crippen LogP contribution in [0.25, 0.3) is 0 Å². The average molecular weight is 298 g/mol. The summed E-state index contributed by atoms with van der Waals surface area (Å²) in [5.74, 6) is 0.177. The van der Waals surface area contributed by atoms with Gasteiger partial charge in [0.2, 0.25) is 0 Å². The molecular formula is C16H21ClFNO. The number of nitrogens with one attached hydrogen (secondary N) is 1. The fraction of sp³-hybridized carbons (Fsp3) is 0.625. The molecule has 2 bridgehead atoms. The molecule has 2 fully saturated rings. The molecule has 4 unspecified atom stereocenters. The first-order valence-electron chi connectivity index (χ1n) is 7.53. The Morgan fingerprint density at radius 1 is 1.45 bits per heavy atom. The largest absolute Gasteiger partial charge is 0.375 e. The average Bonchev–Trinajstić information content (AvgIpc) is 3.05. The predicted octanol–water partition coefficient (Wildman–Crippen LogP) is 4.09. The number of halogens is 2. The third-order valence-electron chi connectivity index (χ3n) is 4.49. The smallest absolute Gasteiger partial charge is 0.123 e. The maximum Gasteiger partial charge on any atom is 0.123 e. The van der Waals surface area contributed by atoms with Crippen LogP contribution >= 0.6 is 11.6 Å². The Kier molecular flexibility index (Phi) is 4.29. The Morgan fingerprint density at radius 3 is 2.95 bits per heavy atom. The van der Waals surface area contributed by atoms with Gasteiger partial charge in [-0.1, -0.05) is 18.5 Å². The predicted molar refractivity (Wildman–Crippen MR) is 78.4 cm³/mol. The molecule has 0 aromatic heterocycles. The molecule has 110 valence electrons. The van der Waals surface area contributed by atoms with Crippen molar-refractivity contribution in [3.63, 3.8) is 0 Å². The van der Waals surface area contributed by atoms with Gasteiger partial charge in [0.25, 0.3) is 0 Å². The first-order valence-corrected chi connectivity index (χ1v) is 7.90. The molecule has 20 heavy (non-hydrogen) atoms. The van der Waals surface area contributed by atoms with Gasteiger partial charge in [0.05, 0.1) is 12.2 Å². The molecule has 1 aromatic carbocycles. The van der Waals surface area contributed by atoms with Gasteiger partial charge in [-0.05, 0) is 56.0 Å². The van der Waals surface area contributed by atoms with E-state index in [4.69, 9.17) is 16.3 Å². The van der Waals surface area contributed by atoms with Gasteiger partial charge >= 0.3 is 0 Å². The molecule has 2 aliphatic heterocycles. The second-order valence-electron chi connectivity index (χ2n) is 5.87. The van der Waals surface area contributed by atoms with Crippen molar-refractivity contribution in [3.05, 3.63) is 34.6 Å². The molecule has 0 saturated carbocycles. The zero-order valence-electron chi connectivity index (χ0n) is 11.7. The summed E-state index contributed by atoms with van der Waals surface area (Å²) in [6.45, 7) is 3.04. The summed E-state index contributed by atoms with van der Waals surface area (Å²) in [7, 11) is 0. The van der Waals surface area contributed by atoms with Gasteiger partial charge in [0.15, 0.2) is 0 Å². The summed E-state index contributed by atoms with van der Waals surface area (Å²) in [4.78, 5) is 0. The van der Waals surface area contributed by atoms with Crippen molar-refractivity contribution in [2.45, 2.75) is 50.9 Å². The highest BCUT2D eigenvalue weighted by Gasteiger charge is 2.45. The SMILES string of the molecule is CCCNC(c1cc(F)ccc1Cl)C1CC2CCC1O2. The van der Waals surface area contributed by atoms with Crippen molar-refractivity contribution >= 4 is 11.6 Å². The number of benzene rings is 1. The van der Waals surface area contributed by atoms with Gasteiger partial charge in [0, 0.05) is 17.0 Å². The fourth-order valence-electron chi connectivity index (χ4n) is 3.57. The summed E-state index contributed by atoms with van der Waals surface area (Å²) >= 11 is 6.30. The number of rotatable bonds is 5. The van der Waals surface area contributed by atoms with Gasteiger partial charge in [-0.3, -0.25) is 0 Å². The topological polar surface area (TPSA) is 21.3 Å². The highest BCUT2D eigenvalue weighted by molar-refractivity contribution is 6.31. The fourth-order valence-corrected chi connectivity index (χ4v) is 3.81. The van der Waals surface area contributed by atoms with E-state index in [0.29, 0.717) is 23.1 Å². The lowest BCUT2D eigenvalue weighted by molar-refractivity contribution is 0.0856. The Labute approximate surface area is 124 Å². The molecule has 0 spiro atoms. The zero-order valence-corrected chi connectivity index (χ0v) is 12.5. The minimum atomic E-state index is -0.225. The molecule has 1 N–H and O–H groups in total. The zero-order chi connectivity index (χ0) is 14.1. The van der Waals surface area contributed by atoms with Crippen LogP contribution in [0.1, 0.15) is 44.2 Å². The van der Waals surface area contributed by atoms with E-state index in [2.05, 4.69) is 12.2 Å². The van der Waals surface area contributed by atoms with Crippen LogP contribution in [0, 0.1) is 11.7 Å². The lowest BCUT2D eigenvalue weighted by Crippen LogP contribution is -2.34. The molecule has 2 nitrogen and oxygen atoms in total. The molecular weight excluding hydrogens is 277 g/mol. The summed E-state index contributed by atoms with van der Waals surface area (Å²) < 4.78 is 19.5. The van der Waals surface area contributed by atoms with Crippen molar-refractivity contribution in [2.75, 3.05) is 6.54 Å². The quantitative estimate of drug-likeness (QED) is 0.884. The Balaban J connectivity index is 1.87. The third kappa shape index (κ3) is 2.72. The van der Waals surface area contributed by atoms with Crippen LogP contribution in [-0.4, -0.2) is 18.8 Å². The molecule has 4 heteroatoms. The van der Waals surface area contributed by atoms with Gasteiger partial charge in [-0.25, -0.2) is 4.39 Å². The van der Waals surface area contributed by atoms with Crippen molar-refractivity contribution in [1.29, 1.82) is 0 Å². The van der Waals surface area contributed by atoms with Crippen LogP contribution in [0.4, 0.5) is 4.39 Å². The van der Waals surface area contributed by atoms with Crippen molar-refractivity contribution in [2.24, 2.45) is 5.92 Å². The molecule has 2 heterocycles. The number of hydrogen-bond acceptors (Lipinski definition) is 2. The molecule has 0 radical (unpaired) electrons. The summed E-state index contributed by atoms with van der Waals surface area (Å²) in [6, 6.07) is 4.73. The van der Waals surface area contributed by atoms with E-state index in [1.54, 1.807) is 12.1 Å². The number of hydrogen-bond donors (Lipinski definition) is 1. The standard InChI is InChI=1S/C16H21ClFNO/c1-2-7-19-16(12-8-10(18)3-5-14(12)17)13-9-11-4-6-15(13)20-11/h3,5,8,11,13,15-16,19H,2,4,6-7,9H2,1H3. The van der Waals surface area contributed by atoms with Gasteiger partial charge in [-0.2, -0.15) is 0 Å². The maximum absolute atomic E-state index is 13.6. The molecule has 0 amide bonds. The normalized spacial score (nSPS) is 29.9. The van der Waals surface area contributed by atoms with Crippen molar-refractivity contribution in [1.82, 2.24) is 5.32 Å². The van der Waals surface area contributed by atoms with E-state index in [-0.39, 0.29) is 11.9 Å². The van der Waals surface area contributed by atoms with E-state index >= 15 is 0 Å². The van der Waals surface area contributed by atoms with Crippen LogP contribution in [-0.2, 0) is 4.74 Å². The van der Waals surface area contributed by atoms with Crippen LogP contribution in [0.15, 0.2) is 18.2 Å². The summed E-state index contributed by atoms with van der Waals surface area (Å²) in [5, 5.41) is 4.19. The molecule has 2 saturated heterocycles. The summed E-state index contributed by atoms with van der Waals surface area (Å²) in [5.41, 5.74) is 0.876. The maximum atomic E-state index is 13.6. The Bertz CT molecular complexity index is 482. The van der Waals surface area contributed by atoms with E-state index in [1.807, 2.05) is 0 Å². The first kappa shape index (κ1) is 14.3. The van der Waals surface area contributed by atoms with Crippen LogP contribution in [0.2, 0.25) is 5.02 Å². The lowest BCUT2D eigenvalue weighted by Gasteiger charge is -2.30. The Hall–Kier alpha value is -0.640. The first-order chi connectivity index (χ1) is 9.69. The van der Waals surface area contributed by atoms with Gasteiger partial charge in [-0.15, -0.1) is 0 Å². The third-order valence-corrected chi connectivity index (χ3v) is 4.83. The molecule has 4 atom stereocenters. The number of fused-ring (bicyclic) bond motifs is 2. The second-order valence-corrected chi connectivity index (χ2v) is 6.28. The molecule has 1 aromatic rings. The molecule has 3 rings (SSSR count). The van der Waals surface area contributed by atoms with E-state index < -0.39 is 0 Å². The molecule has 2 aliphatic rings. The van der Waals surface area contributed by atoms with E-state index in [0.717, 1.165) is 31.4 Å². The number of ether oxygens (including phenoxy) is 1. The Morgan fingerprint density at radius 2 is 2.30 bits per heavy atom. The van der Waals surface area contributed by atoms with E-state index in [1.165, 1.54) is 12.5 Å². The van der Waals surface area contributed by atoms with Gasteiger partial charge in [0.1, 0.15) is 5.82 Å². The minimum absolute atomic E-state index is 0.0912. The second kappa shape index (κ2) is 6.00. The van der Waals surface area contributed by atoms with Gasteiger partial charge < -0.3 is 10.1 Å². The van der Waals surface area contributed by atoms with Crippen LogP contribution in [0.5, 0.6) is 0 Å². The monoisotopic (exact) mass is 297 g/mol. The highest BCUT2D eigenvalue weighted by atomic mass is 35.5. The minimum Gasteiger partial charge on any atom is -0.375 e. The molecule has 0 aliphatic carbocycles. The summed E-state index contributed by atoms with van der Waals surface area (Å²) in [6.07, 6.45) is 5.08. The highest BCUT2D eigenvalue weighted by Crippen LogP contribution is 2.45. The van der Waals surface area contributed by atoms with Crippen molar-refractivity contribution in [3.8, 4) is 0 Å². The van der Waals surface area contributed by atoms with E-state index in [9.17, 15) is 4.39 Å². The van der Waals surface area contributed by atoms with Crippen molar-refractivity contribution < 1.29 is 9.13 Å².